The van der Waals surface area contributed by atoms with Crippen LogP contribution in [0.2, 0.25) is 0 Å². The number of hydrogen-bond donors (Lipinski definition) is 1. The molecule has 3 aromatic heterocycles. The van der Waals surface area contributed by atoms with Crippen LogP contribution in [0.15, 0.2) is 65.4 Å². The zero-order valence-corrected chi connectivity index (χ0v) is 25.6. The first-order valence-electron chi connectivity index (χ1n) is 15.4. The van der Waals surface area contributed by atoms with Gasteiger partial charge >= 0.3 is 6.01 Å². The van der Waals surface area contributed by atoms with Crippen LogP contribution in [0.25, 0.3) is 22.2 Å². The number of anilines is 2. The van der Waals surface area contributed by atoms with Gasteiger partial charge in [0.15, 0.2) is 0 Å². The van der Waals surface area contributed by atoms with Crippen LogP contribution in [-0.4, -0.2) is 63.8 Å². The molecule has 0 radical (unpaired) electrons. The van der Waals surface area contributed by atoms with Crippen molar-refractivity contribution in [1.29, 1.82) is 0 Å². The Morgan fingerprint density at radius 3 is 2.61 bits per heavy atom. The number of nitrogens with zero attached hydrogens (tertiary/aromatic N) is 7. The molecule has 1 N–H and O–H groups in total. The Labute approximate surface area is 257 Å². The van der Waals surface area contributed by atoms with Gasteiger partial charge in [0.2, 0.25) is 11.7 Å². The quantitative estimate of drug-likeness (QED) is 0.211. The van der Waals surface area contributed by atoms with Crippen molar-refractivity contribution in [1.82, 2.24) is 30.0 Å². The second-order valence-electron chi connectivity index (χ2n) is 12.2. The average molecular weight is 591 g/mol. The highest BCUT2D eigenvalue weighted by molar-refractivity contribution is 5.97. The molecule has 1 aliphatic heterocycles. The van der Waals surface area contributed by atoms with Crippen LogP contribution in [0.5, 0.6) is 6.01 Å². The SMILES string of the molecule is CCc1cccc2cccc(N3CCc4c(nc(OCC5(CN(C)C)CC5)nc4NCc4nc(-c5ccncc5)no4)C3)c12. The zero-order chi connectivity index (χ0) is 30.1. The molecule has 7 rings (SSSR count). The molecule has 5 aromatic rings. The average Bonchev–Trinajstić information content (AvgIpc) is 3.64. The number of aryl methyl sites for hydroxylation is 1. The predicted octanol–water partition coefficient (Wildman–Crippen LogP) is 5.53. The summed E-state index contributed by atoms with van der Waals surface area (Å²) in [5.41, 5.74) is 5.73. The minimum atomic E-state index is 0.176. The van der Waals surface area contributed by atoms with E-state index in [9.17, 15) is 0 Å². The standard InChI is InChI=1S/C34H38N8O2/c1-4-23-7-5-8-24-9-6-10-28(30(23)24)42-18-13-26-27(20-42)37-33(43-22-34(14-15-34)21-41(2)3)39-32(26)36-19-29-38-31(40-44-29)25-11-16-35-17-12-25/h5-12,16-17H,4,13-15,18-22H2,1-3H3,(H,36,37,39). The number of ether oxygens (including phenoxy) is 1. The van der Waals surface area contributed by atoms with Crippen molar-refractivity contribution in [3.63, 3.8) is 0 Å². The third-order valence-corrected chi connectivity index (χ3v) is 8.67. The van der Waals surface area contributed by atoms with E-state index in [1.807, 2.05) is 12.1 Å². The Hall–Kier alpha value is -4.57. The first kappa shape index (κ1) is 28.2. The molecule has 0 bridgehead atoms. The molecular weight excluding hydrogens is 552 g/mol. The van der Waals surface area contributed by atoms with Crippen LogP contribution in [0.3, 0.4) is 0 Å². The van der Waals surface area contributed by atoms with E-state index in [0.717, 1.165) is 61.4 Å². The lowest BCUT2D eigenvalue weighted by atomic mass is 9.98. The molecule has 2 aliphatic rings. The van der Waals surface area contributed by atoms with Gasteiger partial charge in [-0.3, -0.25) is 4.98 Å². The van der Waals surface area contributed by atoms with E-state index in [1.165, 1.54) is 22.0 Å². The van der Waals surface area contributed by atoms with E-state index in [1.54, 1.807) is 12.4 Å². The number of rotatable bonds is 11. The second kappa shape index (κ2) is 11.8. The van der Waals surface area contributed by atoms with Gasteiger partial charge in [0.25, 0.3) is 0 Å². The fourth-order valence-electron chi connectivity index (χ4n) is 6.30. The van der Waals surface area contributed by atoms with Crippen molar-refractivity contribution in [2.45, 2.75) is 45.7 Å². The summed E-state index contributed by atoms with van der Waals surface area (Å²) in [6, 6.07) is 17.3. The van der Waals surface area contributed by atoms with Crippen molar-refractivity contribution in [3.05, 3.63) is 83.6 Å². The van der Waals surface area contributed by atoms with Crippen molar-refractivity contribution in [2.75, 3.05) is 44.0 Å². The van der Waals surface area contributed by atoms with E-state index in [4.69, 9.17) is 19.2 Å². The topological polar surface area (TPSA) is 105 Å². The largest absolute Gasteiger partial charge is 0.463 e. The van der Waals surface area contributed by atoms with E-state index >= 15 is 0 Å². The number of pyridine rings is 1. The lowest BCUT2D eigenvalue weighted by molar-refractivity contribution is 0.182. The number of hydrogen-bond acceptors (Lipinski definition) is 10. The van der Waals surface area contributed by atoms with Gasteiger partial charge in [-0.15, -0.1) is 0 Å². The molecule has 0 saturated heterocycles. The highest BCUT2D eigenvalue weighted by atomic mass is 16.5. The molecule has 10 nitrogen and oxygen atoms in total. The maximum Gasteiger partial charge on any atom is 0.318 e. The van der Waals surface area contributed by atoms with Gasteiger partial charge in [-0.25, -0.2) is 0 Å². The van der Waals surface area contributed by atoms with Gasteiger partial charge in [0.05, 0.1) is 25.4 Å². The predicted molar refractivity (Wildman–Crippen MR) is 171 cm³/mol. The maximum atomic E-state index is 6.34. The lowest BCUT2D eigenvalue weighted by Gasteiger charge is -2.32. The molecule has 1 fully saturated rings. The zero-order valence-electron chi connectivity index (χ0n) is 25.6. The Kier molecular flexibility index (Phi) is 7.59. The number of nitrogens with one attached hydrogen (secondary N) is 1. The Balaban J connectivity index is 1.17. The summed E-state index contributed by atoms with van der Waals surface area (Å²) in [7, 11) is 4.22. The molecule has 1 saturated carbocycles. The Morgan fingerprint density at radius 1 is 1.02 bits per heavy atom. The van der Waals surface area contributed by atoms with E-state index in [0.29, 0.717) is 37.4 Å². The van der Waals surface area contributed by atoms with Crippen LogP contribution < -0.4 is 15.0 Å². The van der Waals surface area contributed by atoms with Crippen molar-refractivity contribution < 1.29 is 9.26 Å². The van der Waals surface area contributed by atoms with E-state index < -0.39 is 0 Å². The van der Waals surface area contributed by atoms with Gasteiger partial charge in [-0.05, 0) is 68.9 Å². The van der Waals surface area contributed by atoms with Crippen LogP contribution in [0, 0.1) is 5.41 Å². The van der Waals surface area contributed by atoms with E-state index in [2.05, 4.69) is 87.7 Å². The van der Waals surface area contributed by atoms with Gasteiger partial charge in [-0.1, -0.05) is 42.4 Å². The van der Waals surface area contributed by atoms with Crippen molar-refractivity contribution in [3.8, 4) is 17.4 Å². The fourth-order valence-corrected chi connectivity index (χ4v) is 6.30. The minimum Gasteiger partial charge on any atom is -0.463 e. The third-order valence-electron chi connectivity index (χ3n) is 8.67. The summed E-state index contributed by atoms with van der Waals surface area (Å²) in [6.07, 6.45) is 7.54. The molecule has 2 aromatic carbocycles. The summed E-state index contributed by atoms with van der Waals surface area (Å²) >= 11 is 0. The molecule has 44 heavy (non-hydrogen) atoms. The molecule has 4 heterocycles. The lowest BCUT2D eigenvalue weighted by Crippen LogP contribution is -2.33. The molecule has 0 amide bonds. The van der Waals surface area contributed by atoms with Gasteiger partial charge < -0.3 is 24.4 Å². The molecular formula is C34H38N8O2. The molecule has 0 unspecified atom stereocenters. The van der Waals surface area contributed by atoms with E-state index in [-0.39, 0.29) is 5.41 Å². The van der Waals surface area contributed by atoms with Crippen LogP contribution >= 0.6 is 0 Å². The summed E-state index contributed by atoms with van der Waals surface area (Å²) < 4.78 is 11.9. The number of aromatic nitrogens is 5. The van der Waals surface area contributed by atoms with Crippen LogP contribution in [0.4, 0.5) is 11.5 Å². The summed E-state index contributed by atoms with van der Waals surface area (Å²) in [4.78, 5) is 23.2. The van der Waals surface area contributed by atoms with Gasteiger partial charge in [0, 0.05) is 53.1 Å². The molecule has 10 heteroatoms. The normalized spacial score (nSPS) is 15.4. The highest BCUT2D eigenvalue weighted by Crippen LogP contribution is 2.46. The monoisotopic (exact) mass is 590 g/mol. The van der Waals surface area contributed by atoms with Gasteiger partial charge in [-0.2, -0.15) is 15.0 Å². The smallest absolute Gasteiger partial charge is 0.318 e. The fraction of sp³-hybridized carbons (Fsp3) is 0.382. The van der Waals surface area contributed by atoms with Crippen LogP contribution in [-0.2, 0) is 25.9 Å². The summed E-state index contributed by atoms with van der Waals surface area (Å²) in [5, 5.41) is 10.2. The Morgan fingerprint density at radius 2 is 1.84 bits per heavy atom. The first-order chi connectivity index (χ1) is 21.5. The van der Waals surface area contributed by atoms with Crippen molar-refractivity contribution >= 4 is 22.3 Å². The second-order valence-corrected chi connectivity index (χ2v) is 12.2. The Bertz CT molecular complexity index is 1760. The maximum absolute atomic E-state index is 6.34. The molecule has 0 spiro atoms. The number of benzene rings is 2. The van der Waals surface area contributed by atoms with Gasteiger partial charge in [0.1, 0.15) is 5.82 Å². The summed E-state index contributed by atoms with van der Waals surface area (Å²) in [5.74, 6) is 1.78. The number of fused-ring (bicyclic) bond motifs is 2. The van der Waals surface area contributed by atoms with Crippen molar-refractivity contribution in [2.24, 2.45) is 5.41 Å². The van der Waals surface area contributed by atoms with Crippen LogP contribution in [0.1, 0.15) is 42.5 Å². The molecule has 0 atom stereocenters. The third kappa shape index (κ3) is 5.81. The summed E-state index contributed by atoms with van der Waals surface area (Å²) in [6.45, 7) is 5.71. The minimum absolute atomic E-state index is 0.176. The highest BCUT2D eigenvalue weighted by Gasteiger charge is 2.44. The molecule has 1 aliphatic carbocycles. The molecule has 226 valence electrons. The first-order valence-corrected chi connectivity index (χ1v) is 15.4.